The summed E-state index contributed by atoms with van der Waals surface area (Å²) in [6.07, 6.45) is 6.44. The first-order valence-corrected chi connectivity index (χ1v) is 8.36. The molecule has 1 N–H and O–H groups in total. The third kappa shape index (κ3) is 2.58. The van der Waals surface area contributed by atoms with Crippen molar-refractivity contribution in [1.82, 2.24) is 19.5 Å². The number of H-pyrrole nitrogens is 1. The van der Waals surface area contributed by atoms with Crippen LogP contribution in [0.15, 0.2) is 41.7 Å². The maximum Gasteiger partial charge on any atom is 0.244 e. The zero-order valence-electron chi connectivity index (χ0n) is 11.9. The van der Waals surface area contributed by atoms with Crippen LogP contribution in [0.2, 0.25) is 0 Å². The summed E-state index contributed by atoms with van der Waals surface area (Å²) in [4.78, 5) is 4.16. The lowest BCUT2D eigenvalue weighted by molar-refractivity contribution is 0.236. The summed E-state index contributed by atoms with van der Waals surface area (Å²) >= 11 is 0. The second kappa shape index (κ2) is 5.23. The van der Waals surface area contributed by atoms with Gasteiger partial charge in [-0.3, -0.25) is 10.1 Å². The van der Waals surface area contributed by atoms with Crippen LogP contribution in [-0.4, -0.2) is 41.0 Å². The number of nitrogens with zero attached hydrogens (tertiary/aromatic N) is 3. The summed E-state index contributed by atoms with van der Waals surface area (Å²) in [6.45, 7) is 3.07. The first-order chi connectivity index (χ1) is 10.0. The lowest BCUT2D eigenvalue weighted by atomic mass is 9.80. The van der Waals surface area contributed by atoms with Gasteiger partial charge in [-0.2, -0.15) is 9.40 Å². The normalized spacial score (nSPS) is 24.0. The molecular formula is C14H18N4O2S. The lowest BCUT2D eigenvalue weighted by Gasteiger charge is -2.38. The Morgan fingerprint density at radius 3 is 2.86 bits per heavy atom. The average molecular weight is 306 g/mol. The van der Waals surface area contributed by atoms with Gasteiger partial charge in [0.25, 0.3) is 0 Å². The van der Waals surface area contributed by atoms with Gasteiger partial charge in [-0.15, -0.1) is 0 Å². The highest BCUT2D eigenvalue weighted by atomic mass is 32.2. The van der Waals surface area contributed by atoms with E-state index in [1.54, 1.807) is 28.8 Å². The summed E-state index contributed by atoms with van der Waals surface area (Å²) in [5, 5.41) is 6.96. The van der Waals surface area contributed by atoms with Crippen LogP contribution in [0.1, 0.15) is 25.5 Å². The van der Waals surface area contributed by atoms with Crippen molar-refractivity contribution in [2.24, 2.45) is 0 Å². The third-order valence-electron chi connectivity index (χ3n) is 4.08. The Morgan fingerprint density at radius 2 is 2.19 bits per heavy atom. The molecule has 3 heterocycles. The smallest absolute Gasteiger partial charge is 0.244 e. The van der Waals surface area contributed by atoms with Gasteiger partial charge >= 0.3 is 0 Å². The monoisotopic (exact) mass is 306 g/mol. The van der Waals surface area contributed by atoms with Gasteiger partial charge in [-0.1, -0.05) is 6.92 Å². The number of sulfonamides is 1. The molecule has 1 aliphatic heterocycles. The van der Waals surface area contributed by atoms with Crippen LogP contribution in [0.25, 0.3) is 0 Å². The third-order valence-corrected chi connectivity index (χ3v) is 5.91. The fourth-order valence-corrected chi connectivity index (χ4v) is 4.43. The number of pyridine rings is 1. The molecule has 0 unspecified atom stereocenters. The number of hydrogen-bond acceptors (Lipinski definition) is 4. The Labute approximate surface area is 124 Å². The number of aromatic nitrogens is 3. The average Bonchev–Trinajstić information content (AvgIpc) is 3.03. The molecule has 2 aromatic heterocycles. The number of aromatic amines is 1. The predicted molar refractivity (Wildman–Crippen MR) is 78.2 cm³/mol. The largest absolute Gasteiger partial charge is 0.282 e. The molecule has 0 amide bonds. The van der Waals surface area contributed by atoms with Crippen LogP contribution in [0.3, 0.4) is 0 Å². The van der Waals surface area contributed by atoms with Gasteiger partial charge < -0.3 is 0 Å². The van der Waals surface area contributed by atoms with Crippen molar-refractivity contribution in [2.75, 3.05) is 13.1 Å². The van der Waals surface area contributed by atoms with E-state index in [4.69, 9.17) is 0 Å². The molecule has 3 rings (SSSR count). The van der Waals surface area contributed by atoms with E-state index in [0.717, 1.165) is 18.5 Å². The quantitative estimate of drug-likeness (QED) is 0.933. The zero-order chi connectivity index (χ0) is 14.9. The molecule has 1 atom stereocenters. The Hall–Kier alpha value is -1.73. The van der Waals surface area contributed by atoms with Crippen LogP contribution < -0.4 is 0 Å². The summed E-state index contributed by atoms with van der Waals surface area (Å²) in [6, 6.07) is 5.15. The van der Waals surface area contributed by atoms with Crippen molar-refractivity contribution in [2.45, 2.75) is 30.1 Å². The standard InChI is InChI=1S/C14H18N4O2S/c1-14(13-5-8-16-17-13)6-3-9-18(11-14)21(19,20)12-4-2-7-15-10-12/h2,4-5,7-8,10H,3,6,9,11H2,1H3,(H,16,17)/t14-/m1/s1. The molecule has 0 aliphatic carbocycles. The summed E-state index contributed by atoms with van der Waals surface area (Å²) in [7, 11) is -3.49. The molecule has 7 heteroatoms. The van der Waals surface area contributed by atoms with E-state index in [-0.39, 0.29) is 10.3 Å². The van der Waals surface area contributed by atoms with Crippen molar-refractivity contribution < 1.29 is 8.42 Å². The van der Waals surface area contributed by atoms with Crippen LogP contribution in [0.4, 0.5) is 0 Å². The van der Waals surface area contributed by atoms with E-state index in [1.165, 1.54) is 6.20 Å². The van der Waals surface area contributed by atoms with Crippen molar-refractivity contribution in [1.29, 1.82) is 0 Å². The molecule has 0 radical (unpaired) electrons. The Balaban J connectivity index is 1.90. The molecule has 21 heavy (non-hydrogen) atoms. The van der Waals surface area contributed by atoms with Gasteiger partial charge in [0, 0.05) is 42.8 Å². The van der Waals surface area contributed by atoms with Gasteiger partial charge in [-0.25, -0.2) is 8.42 Å². The Morgan fingerprint density at radius 1 is 1.33 bits per heavy atom. The highest BCUT2D eigenvalue weighted by Gasteiger charge is 2.38. The van der Waals surface area contributed by atoms with Crippen molar-refractivity contribution in [3.63, 3.8) is 0 Å². The van der Waals surface area contributed by atoms with Gasteiger partial charge in [0.15, 0.2) is 0 Å². The first kappa shape index (κ1) is 14.2. The lowest BCUT2D eigenvalue weighted by Crippen LogP contribution is -2.47. The highest BCUT2D eigenvalue weighted by molar-refractivity contribution is 7.89. The summed E-state index contributed by atoms with van der Waals surface area (Å²) in [5.74, 6) is 0. The van der Waals surface area contributed by atoms with Crippen molar-refractivity contribution in [3.8, 4) is 0 Å². The van der Waals surface area contributed by atoms with E-state index >= 15 is 0 Å². The molecule has 1 saturated heterocycles. The number of piperidine rings is 1. The number of rotatable bonds is 3. The van der Waals surface area contributed by atoms with E-state index in [0.29, 0.717) is 13.1 Å². The maximum absolute atomic E-state index is 12.7. The van der Waals surface area contributed by atoms with Gasteiger partial charge in [0.1, 0.15) is 4.90 Å². The fourth-order valence-electron chi connectivity index (χ4n) is 2.86. The molecule has 1 fully saturated rings. The van der Waals surface area contributed by atoms with Crippen LogP contribution in [0, 0.1) is 0 Å². The van der Waals surface area contributed by atoms with E-state index in [1.807, 2.05) is 6.07 Å². The topological polar surface area (TPSA) is 79.0 Å². The second-order valence-corrected chi connectivity index (χ2v) is 7.60. The molecule has 0 aromatic carbocycles. The molecule has 6 nitrogen and oxygen atoms in total. The highest BCUT2D eigenvalue weighted by Crippen LogP contribution is 2.34. The molecule has 0 saturated carbocycles. The SMILES string of the molecule is C[C@@]1(c2ccn[nH]2)CCCN(S(=O)(=O)c2cccnc2)C1. The van der Waals surface area contributed by atoms with Gasteiger partial charge in [-0.05, 0) is 31.0 Å². The molecular weight excluding hydrogens is 288 g/mol. The summed E-state index contributed by atoms with van der Waals surface area (Å²) in [5.41, 5.74) is 0.748. The molecule has 1 aliphatic rings. The van der Waals surface area contributed by atoms with Crippen LogP contribution >= 0.6 is 0 Å². The molecule has 2 aromatic rings. The van der Waals surface area contributed by atoms with Gasteiger partial charge in [0.2, 0.25) is 10.0 Å². The molecule has 112 valence electrons. The number of nitrogens with one attached hydrogen (secondary N) is 1. The second-order valence-electron chi connectivity index (χ2n) is 5.66. The minimum absolute atomic E-state index is 0.232. The maximum atomic E-state index is 12.7. The fraction of sp³-hybridized carbons (Fsp3) is 0.429. The minimum atomic E-state index is -3.49. The molecule has 0 spiro atoms. The van der Waals surface area contributed by atoms with Crippen molar-refractivity contribution in [3.05, 3.63) is 42.5 Å². The van der Waals surface area contributed by atoms with E-state index in [2.05, 4.69) is 22.1 Å². The predicted octanol–water partition coefficient (Wildman–Crippen LogP) is 1.55. The number of hydrogen-bond donors (Lipinski definition) is 1. The summed E-state index contributed by atoms with van der Waals surface area (Å²) < 4.78 is 27.0. The van der Waals surface area contributed by atoms with E-state index < -0.39 is 10.0 Å². The van der Waals surface area contributed by atoms with Gasteiger partial charge in [0.05, 0.1) is 0 Å². The minimum Gasteiger partial charge on any atom is -0.282 e. The van der Waals surface area contributed by atoms with Crippen LogP contribution in [0.5, 0.6) is 0 Å². The van der Waals surface area contributed by atoms with Crippen molar-refractivity contribution >= 4 is 10.0 Å². The first-order valence-electron chi connectivity index (χ1n) is 6.92. The van der Waals surface area contributed by atoms with E-state index in [9.17, 15) is 8.42 Å². The Kier molecular flexibility index (Phi) is 3.54. The molecule has 0 bridgehead atoms. The zero-order valence-corrected chi connectivity index (χ0v) is 12.7. The Bertz CT molecular complexity index is 700. The van der Waals surface area contributed by atoms with Crippen LogP contribution in [-0.2, 0) is 15.4 Å².